The average Bonchev–Trinajstić information content (AvgIpc) is 3.32. The molecule has 8 heteroatoms. The van der Waals surface area contributed by atoms with Gasteiger partial charge in [0.1, 0.15) is 5.56 Å². The molecule has 0 bridgehead atoms. The van der Waals surface area contributed by atoms with Crippen LogP contribution in [0.3, 0.4) is 0 Å². The summed E-state index contributed by atoms with van der Waals surface area (Å²) in [5.41, 5.74) is 3.04. The van der Waals surface area contributed by atoms with Gasteiger partial charge in [0, 0.05) is 24.5 Å². The van der Waals surface area contributed by atoms with E-state index in [4.69, 9.17) is 0 Å². The standard InChI is InChI=1S/C19H15N5O2S/c1-12(25)22-13-4-6-14(7-5-13)23-19(26)15-11-21-24-16(8-9-20-18(15)24)17-3-2-10-27-17/h2-11H,1H3,(H,22,25)(H,23,26). The molecule has 134 valence electrons. The Morgan fingerprint density at radius 3 is 2.44 bits per heavy atom. The quantitative estimate of drug-likeness (QED) is 0.568. The van der Waals surface area contributed by atoms with Crippen molar-refractivity contribution in [3.8, 4) is 10.6 Å². The number of nitrogens with zero attached hydrogens (tertiary/aromatic N) is 3. The van der Waals surface area contributed by atoms with Crippen LogP contribution >= 0.6 is 11.3 Å². The van der Waals surface area contributed by atoms with Gasteiger partial charge >= 0.3 is 0 Å². The van der Waals surface area contributed by atoms with Gasteiger partial charge in [0.25, 0.3) is 5.91 Å². The topological polar surface area (TPSA) is 88.4 Å². The summed E-state index contributed by atoms with van der Waals surface area (Å²) in [6, 6.07) is 12.7. The van der Waals surface area contributed by atoms with Crippen LogP contribution in [0.2, 0.25) is 0 Å². The van der Waals surface area contributed by atoms with E-state index in [9.17, 15) is 9.59 Å². The number of hydrogen-bond acceptors (Lipinski definition) is 5. The first-order valence-corrected chi connectivity index (χ1v) is 9.05. The van der Waals surface area contributed by atoms with Gasteiger partial charge in [-0.25, -0.2) is 9.50 Å². The number of carbonyl (C=O) groups excluding carboxylic acids is 2. The Morgan fingerprint density at radius 2 is 1.78 bits per heavy atom. The monoisotopic (exact) mass is 377 g/mol. The third-order valence-electron chi connectivity index (χ3n) is 3.88. The molecule has 0 fully saturated rings. The average molecular weight is 377 g/mol. The molecule has 0 aliphatic heterocycles. The number of nitrogens with one attached hydrogen (secondary N) is 2. The maximum absolute atomic E-state index is 12.7. The van der Waals surface area contributed by atoms with E-state index in [-0.39, 0.29) is 11.8 Å². The maximum atomic E-state index is 12.7. The summed E-state index contributed by atoms with van der Waals surface area (Å²) in [5.74, 6) is -0.445. The van der Waals surface area contributed by atoms with E-state index in [1.54, 1.807) is 46.3 Å². The fourth-order valence-corrected chi connectivity index (χ4v) is 3.44. The molecule has 2 amide bonds. The number of fused-ring (bicyclic) bond motifs is 1. The minimum atomic E-state index is -0.298. The van der Waals surface area contributed by atoms with Crippen molar-refractivity contribution in [1.29, 1.82) is 0 Å². The molecule has 0 spiro atoms. The zero-order chi connectivity index (χ0) is 18.8. The summed E-state index contributed by atoms with van der Waals surface area (Å²) in [6.45, 7) is 1.44. The van der Waals surface area contributed by atoms with E-state index in [1.165, 1.54) is 13.1 Å². The molecule has 3 heterocycles. The summed E-state index contributed by atoms with van der Waals surface area (Å²) < 4.78 is 1.67. The predicted molar refractivity (Wildman–Crippen MR) is 105 cm³/mol. The molecule has 0 aliphatic carbocycles. The fourth-order valence-electron chi connectivity index (χ4n) is 2.70. The highest BCUT2D eigenvalue weighted by molar-refractivity contribution is 7.13. The second-order valence-electron chi connectivity index (χ2n) is 5.81. The Kier molecular flexibility index (Phi) is 4.39. The molecule has 4 rings (SSSR count). The first-order valence-electron chi connectivity index (χ1n) is 8.17. The van der Waals surface area contributed by atoms with E-state index in [0.29, 0.717) is 22.6 Å². The summed E-state index contributed by atoms with van der Waals surface area (Å²) in [6.07, 6.45) is 3.19. The molecule has 1 aromatic carbocycles. The molecule has 27 heavy (non-hydrogen) atoms. The molecular weight excluding hydrogens is 362 g/mol. The van der Waals surface area contributed by atoms with Crippen LogP contribution in [0.1, 0.15) is 17.3 Å². The van der Waals surface area contributed by atoms with Crippen molar-refractivity contribution in [3.05, 3.63) is 65.8 Å². The lowest BCUT2D eigenvalue weighted by atomic mass is 10.2. The number of benzene rings is 1. The highest BCUT2D eigenvalue weighted by Crippen LogP contribution is 2.25. The van der Waals surface area contributed by atoms with Crippen molar-refractivity contribution >= 4 is 40.2 Å². The Labute approximate surface area is 158 Å². The van der Waals surface area contributed by atoms with E-state index >= 15 is 0 Å². The van der Waals surface area contributed by atoms with Gasteiger partial charge in [-0.05, 0) is 41.8 Å². The Morgan fingerprint density at radius 1 is 1.04 bits per heavy atom. The van der Waals surface area contributed by atoms with Crippen molar-refractivity contribution in [1.82, 2.24) is 14.6 Å². The molecular formula is C19H15N5O2S. The number of hydrogen-bond donors (Lipinski definition) is 2. The van der Waals surface area contributed by atoms with Crippen LogP contribution < -0.4 is 10.6 Å². The number of carbonyl (C=O) groups is 2. The zero-order valence-corrected chi connectivity index (χ0v) is 15.2. The number of amides is 2. The highest BCUT2D eigenvalue weighted by Gasteiger charge is 2.16. The number of aromatic nitrogens is 3. The normalized spacial score (nSPS) is 10.7. The third-order valence-corrected chi connectivity index (χ3v) is 4.78. The van der Waals surface area contributed by atoms with E-state index in [1.807, 2.05) is 23.6 Å². The first-order chi connectivity index (χ1) is 13.1. The van der Waals surface area contributed by atoms with Gasteiger partial charge in [0.05, 0.1) is 16.8 Å². The molecule has 0 aliphatic rings. The van der Waals surface area contributed by atoms with Gasteiger partial charge in [0.15, 0.2) is 5.65 Å². The molecule has 0 radical (unpaired) electrons. The number of anilines is 2. The van der Waals surface area contributed by atoms with Crippen LogP contribution in [0.5, 0.6) is 0 Å². The second-order valence-corrected chi connectivity index (χ2v) is 6.76. The van der Waals surface area contributed by atoms with Gasteiger partial charge in [0.2, 0.25) is 5.91 Å². The predicted octanol–water partition coefficient (Wildman–Crippen LogP) is 3.67. The summed E-state index contributed by atoms with van der Waals surface area (Å²) in [4.78, 5) is 29.1. The van der Waals surface area contributed by atoms with E-state index in [2.05, 4.69) is 20.7 Å². The lowest BCUT2D eigenvalue weighted by molar-refractivity contribution is -0.114. The maximum Gasteiger partial charge on any atom is 0.261 e. The van der Waals surface area contributed by atoms with Crippen molar-refractivity contribution in [2.75, 3.05) is 10.6 Å². The van der Waals surface area contributed by atoms with Gasteiger partial charge in [-0.15, -0.1) is 11.3 Å². The van der Waals surface area contributed by atoms with Gasteiger partial charge in [-0.1, -0.05) is 6.07 Å². The highest BCUT2D eigenvalue weighted by atomic mass is 32.1. The van der Waals surface area contributed by atoms with Crippen LogP contribution in [-0.2, 0) is 4.79 Å². The van der Waals surface area contributed by atoms with Crippen LogP contribution in [0.4, 0.5) is 11.4 Å². The molecule has 0 unspecified atom stereocenters. The largest absolute Gasteiger partial charge is 0.326 e. The zero-order valence-electron chi connectivity index (χ0n) is 14.3. The Balaban J connectivity index is 1.60. The van der Waals surface area contributed by atoms with Crippen LogP contribution in [-0.4, -0.2) is 26.4 Å². The van der Waals surface area contributed by atoms with Crippen molar-refractivity contribution < 1.29 is 9.59 Å². The lowest BCUT2D eigenvalue weighted by Gasteiger charge is -2.06. The lowest BCUT2D eigenvalue weighted by Crippen LogP contribution is -2.12. The van der Waals surface area contributed by atoms with Gasteiger partial charge in [-0.2, -0.15) is 5.10 Å². The number of rotatable bonds is 4. The summed E-state index contributed by atoms with van der Waals surface area (Å²) >= 11 is 1.60. The van der Waals surface area contributed by atoms with Gasteiger partial charge < -0.3 is 10.6 Å². The summed E-state index contributed by atoms with van der Waals surface area (Å²) in [7, 11) is 0. The number of thiophene rings is 1. The van der Waals surface area contributed by atoms with E-state index < -0.39 is 0 Å². The molecule has 7 nitrogen and oxygen atoms in total. The van der Waals surface area contributed by atoms with Crippen molar-refractivity contribution in [3.63, 3.8) is 0 Å². The third kappa shape index (κ3) is 3.42. The Hall–Kier alpha value is -3.52. The first kappa shape index (κ1) is 16.9. The van der Waals surface area contributed by atoms with Crippen LogP contribution in [0.25, 0.3) is 16.2 Å². The van der Waals surface area contributed by atoms with Crippen LogP contribution in [0.15, 0.2) is 60.2 Å². The van der Waals surface area contributed by atoms with Crippen molar-refractivity contribution in [2.45, 2.75) is 6.92 Å². The van der Waals surface area contributed by atoms with E-state index in [0.717, 1.165) is 10.6 Å². The van der Waals surface area contributed by atoms with Gasteiger partial charge in [-0.3, -0.25) is 9.59 Å². The minimum Gasteiger partial charge on any atom is -0.326 e. The molecule has 0 saturated carbocycles. The second kappa shape index (κ2) is 7.00. The molecule has 3 aromatic heterocycles. The summed E-state index contributed by atoms with van der Waals surface area (Å²) in [5, 5.41) is 11.8. The SMILES string of the molecule is CC(=O)Nc1ccc(NC(=O)c2cnn3c(-c4cccs4)ccnc23)cc1. The molecule has 4 aromatic rings. The van der Waals surface area contributed by atoms with Crippen LogP contribution in [0, 0.1) is 0 Å². The molecule has 0 saturated heterocycles. The molecule has 2 N–H and O–H groups in total. The smallest absolute Gasteiger partial charge is 0.261 e. The van der Waals surface area contributed by atoms with Crippen molar-refractivity contribution in [2.24, 2.45) is 0 Å². The molecule has 0 atom stereocenters. The minimum absolute atomic E-state index is 0.147. The Bertz CT molecular complexity index is 1120. The fraction of sp³-hybridized carbons (Fsp3) is 0.0526.